The fourth-order valence-electron chi connectivity index (χ4n) is 6.10. The number of hydrogen-bond donors (Lipinski definition) is 2. The smallest absolute Gasteiger partial charge is 0.383 e. The SMILES string of the molecule is C=C/C(=C\C(F)=C(/C)NS(=O)(=O)CCC(F)(F)F)c1cc2cnc(NC3CCC4(CC3)CN(CCOC)C4)nc2n(C(C)C)c1=O. The van der Waals surface area contributed by atoms with Gasteiger partial charge in [0, 0.05) is 56.0 Å². The van der Waals surface area contributed by atoms with Crippen molar-refractivity contribution in [2.45, 2.75) is 71.1 Å². The summed E-state index contributed by atoms with van der Waals surface area (Å²) in [5, 5.41) is 3.96. The number of rotatable bonds is 13. The highest BCUT2D eigenvalue weighted by Crippen LogP contribution is 2.44. The molecule has 15 heteroatoms. The first-order valence-corrected chi connectivity index (χ1v) is 16.9. The van der Waals surface area contributed by atoms with Crippen LogP contribution in [-0.4, -0.2) is 79.2 Å². The van der Waals surface area contributed by atoms with Crippen molar-refractivity contribution in [3.63, 3.8) is 0 Å². The van der Waals surface area contributed by atoms with Gasteiger partial charge in [-0.3, -0.25) is 19.0 Å². The Balaban J connectivity index is 1.54. The fraction of sp³-hybridized carbons (Fsp3) is 0.581. The first kappa shape index (κ1) is 35.6. The quantitative estimate of drug-likeness (QED) is 0.217. The number of ether oxygens (including phenoxy) is 1. The van der Waals surface area contributed by atoms with E-state index in [9.17, 15) is 26.4 Å². The van der Waals surface area contributed by atoms with E-state index in [-0.39, 0.29) is 23.2 Å². The number of nitrogens with one attached hydrogen (secondary N) is 2. The Morgan fingerprint density at radius 2 is 1.93 bits per heavy atom. The second-order valence-electron chi connectivity index (χ2n) is 12.5. The molecule has 1 aliphatic heterocycles. The predicted molar refractivity (Wildman–Crippen MR) is 170 cm³/mol. The summed E-state index contributed by atoms with van der Waals surface area (Å²) in [7, 11) is -2.75. The molecular formula is C31H42F4N6O4S. The lowest BCUT2D eigenvalue weighted by atomic mass is 9.67. The Labute approximate surface area is 266 Å². The summed E-state index contributed by atoms with van der Waals surface area (Å²) in [6.07, 6.45) is 1.66. The summed E-state index contributed by atoms with van der Waals surface area (Å²) < 4.78 is 85.1. The molecule has 2 aromatic heterocycles. The largest absolute Gasteiger partial charge is 0.390 e. The maximum atomic E-state index is 15.1. The van der Waals surface area contributed by atoms with Crippen molar-refractivity contribution < 1.29 is 30.7 Å². The zero-order chi connectivity index (χ0) is 33.9. The molecule has 2 N–H and O–H groups in total. The Morgan fingerprint density at radius 3 is 2.52 bits per heavy atom. The van der Waals surface area contributed by atoms with E-state index in [4.69, 9.17) is 9.72 Å². The molecule has 2 fully saturated rings. The maximum Gasteiger partial charge on any atom is 0.390 e. The highest BCUT2D eigenvalue weighted by molar-refractivity contribution is 7.89. The normalized spacial score (nSPS) is 18.5. The molecule has 0 radical (unpaired) electrons. The number of fused-ring (bicyclic) bond motifs is 1. The van der Waals surface area contributed by atoms with E-state index in [1.165, 1.54) is 16.7 Å². The van der Waals surface area contributed by atoms with Crippen molar-refractivity contribution in [2.24, 2.45) is 5.41 Å². The van der Waals surface area contributed by atoms with Crippen molar-refractivity contribution in [3.05, 3.63) is 58.4 Å². The lowest BCUT2D eigenvalue weighted by molar-refractivity contribution is -0.129. The lowest BCUT2D eigenvalue weighted by Crippen LogP contribution is -2.58. The van der Waals surface area contributed by atoms with E-state index >= 15 is 4.39 Å². The van der Waals surface area contributed by atoms with E-state index in [2.05, 4.69) is 21.8 Å². The predicted octanol–water partition coefficient (Wildman–Crippen LogP) is 5.32. The molecule has 46 heavy (non-hydrogen) atoms. The highest BCUT2D eigenvalue weighted by Gasteiger charge is 2.44. The van der Waals surface area contributed by atoms with Crippen molar-refractivity contribution in [3.8, 4) is 0 Å². The number of sulfonamides is 1. The highest BCUT2D eigenvalue weighted by atomic mass is 32.2. The molecule has 0 amide bonds. The van der Waals surface area contributed by atoms with Crippen molar-refractivity contribution in [1.29, 1.82) is 0 Å². The summed E-state index contributed by atoms with van der Waals surface area (Å²) in [4.78, 5) is 25.3. The van der Waals surface area contributed by atoms with Gasteiger partial charge in [0.05, 0.1) is 24.5 Å². The topological polar surface area (TPSA) is 118 Å². The molecule has 1 saturated heterocycles. The molecule has 4 rings (SSSR count). The lowest BCUT2D eigenvalue weighted by Gasteiger charge is -2.53. The number of aromatic nitrogens is 3. The van der Waals surface area contributed by atoms with Crippen LogP contribution in [-0.2, 0) is 14.8 Å². The molecule has 10 nitrogen and oxygen atoms in total. The van der Waals surface area contributed by atoms with Crippen LogP contribution in [0.5, 0.6) is 0 Å². The minimum absolute atomic E-state index is 0.0442. The van der Waals surface area contributed by atoms with E-state index in [1.54, 1.807) is 13.3 Å². The molecule has 0 atom stereocenters. The average molecular weight is 671 g/mol. The van der Waals surface area contributed by atoms with Crippen LogP contribution in [0, 0.1) is 5.41 Å². The third-order valence-electron chi connectivity index (χ3n) is 8.53. The molecule has 254 valence electrons. The number of anilines is 1. The fourth-order valence-corrected chi connectivity index (χ4v) is 7.27. The van der Waals surface area contributed by atoms with Gasteiger partial charge in [-0.25, -0.2) is 17.8 Å². The van der Waals surface area contributed by atoms with E-state index in [0.29, 0.717) is 22.4 Å². The van der Waals surface area contributed by atoms with Crippen LogP contribution >= 0.6 is 0 Å². The van der Waals surface area contributed by atoms with Gasteiger partial charge in [0.15, 0.2) is 0 Å². The molecule has 3 heterocycles. The van der Waals surface area contributed by atoms with Gasteiger partial charge < -0.3 is 10.1 Å². The Kier molecular flexibility index (Phi) is 11.0. The van der Waals surface area contributed by atoms with Gasteiger partial charge in [0.25, 0.3) is 5.56 Å². The first-order chi connectivity index (χ1) is 21.5. The minimum atomic E-state index is -4.68. The summed E-state index contributed by atoms with van der Waals surface area (Å²) in [6, 6.07) is 1.38. The van der Waals surface area contributed by atoms with Crippen LogP contribution in [0.3, 0.4) is 0 Å². The number of likely N-dealkylation sites (tertiary alicyclic amines) is 1. The van der Waals surface area contributed by atoms with Gasteiger partial charge >= 0.3 is 6.18 Å². The number of alkyl halides is 3. The van der Waals surface area contributed by atoms with Gasteiger partial charge in [-0.15, -0.1) is 0 Å². The molecular weight excluding hydrogens is 628 g/mol. The van der Waals surface area contributed by atoms with E-state index in [0.717, 1.165) is 64.9 Å². The Morgan fingerprint density at radius 1 is 1.26 bits per heavy atom. The van der Waals surface area contributed by atoms with E-state index in [1.807, 2.05) is 18.6 Å². The monoisotopic (exact) mass is 670 g/mol. The second kappa shape index (κ2) is 14.2. The molecule has 2 aromatic rings. The third kappa shape index (κ3) is 8.73. The van der Waals surface area contributed by atoms with Crippen LogP contribution < -0.4 is 15.6 Å². The van der Waals surface area contributed by atoms with Gasteiger partial charge in [0.2, 0.25) is 16.0 Å². The van der Waals surface area contributed by atoms with Gasteiger partial charge in [-0.2, -0.15) is 18.2 Å². The maximum absolute atomic E-state index is 15.1. The second-order valence-corrected chi connectivity index (χ2v) is 14.3. The van der Waals surface area contributed by atoms with Crippen molar-refractivity contribution in [1.82, 2.24) is 24.2 Å². The zero-order valence-electron chi connectivity index (χ0n) is 26.6. The van der Waals surface area contributed by atoms with Crippen LogP contribution in [0.2, 0.25) is 0 Å². The molecule has 1 saturated carbocycles. The molecule has 0 bridgehead atoms. The molecule has 1 aliphatic carbocycles. The number of pyridine rings is 1. The summed E-state index contributed by atoms with van der Waals surface area (Å²) in [6.45, 7) is 12.3. The van der Waals surface area contributed by atoms with Crippen LogP contribution in [0.15, 0.2) is 47.3 Å². The van der Waals surface area contributed by atoms with Crippen LogP contribution in [0.1, 0.15) is 64.5 Å². The number of allylic oxidation sites excluding steroid dienone is 5. The summed E-state index contributed by atoms with van der Waals surface area (Å²) in [5.41, 5.74) is -0.124. The van der Waals surface area contributed by atoms with Gasteiger partial charge in [-0.1, -0.05) is 12.7 Å². The third-order valence-corrected chi connectivity index (χ3v) is 9.89. The van der Waals surface area contributed by atoms with Crippen molar-refractivity contribution >= 4 is 32.6 Å². The van der Waals surface area contributed by atoms with Crippen LogP contribution in [0.25, 0.3) is 16.6 Å². The molecule has 2 aliphatic rings. The minimum Gasteiger partial charge on any atom is -0.383 e. The molecule has 0 unspecified atom stereocenters. The molecule has 0 aromatic carbocycles. The van der Waals surface area contributed by atoms with Gasteiger partial charge in [-0.05, 0) is 69.6 Å². The Hall–Kier alpha value is -3.30. The first-order valence-electron chi connectivity index (χ1n) is 15.2. The number of methoxy groups -OCH3 is 1. The summed E-state index contributed by atoms with van der Waals surface area (Å²) >= 11 is 0. The summed E-state index contributed by atoms with van der Waals surface area (Å²) in [5.74, 6) is -1.93. The van der Waals surface area contributed by atoms with Crippen LogP contribution in [0.4, 0.5) is 23.5 Å². The average Bonchev–Trinajstić information content (AvgIpc) is 2.96. The van der Waals surface area contributed by atoms with Crippen molar-refractivity contribution in [2.75, 3.05) is 44.4 Å². The number of nitrogens with zero attached hydrogens (tertiary/aromatic N) is 4. The standard InChI is InChI=1S/C31H42F4N6O4S/c1-6-22(16-26(32)21(4)39-46(43,44)14-11-31(33,34)35)25-15-23-17-36-29(38-27(23)41(20(2)3)28(25)42)37-24-7-9-30(10-8-24)18-40(19-30)12-13-45-5/h6,15-17,20,24,39H,1,7-14,18-19H2,2-5H3,(H,36,37,38)/b22-16+,26-21-. The number of hydrogen-bond acceptors (Lipinski definition) is 8. The zero-order valence-corrected chi connectivity index (χ0v) is 27.4. The molecule has 1 spiro atoms. The van der Waals surface area contributed by atoms with Gasteiger partial charge in [0.1, 0.15) is 11.5 Å². The number of halogens is 4. The Bertz CT molecular complexity index is 1650. The van der Waals surface area contributed by atoms with E-state index < -0.39 is 45.5 Å².